The summed E-state index contributed by atoms with van der Waals surface area (Å²) in [5.41, 5.74) is 2.99. The average molecular weight is 402 g/mol. The standard InChI is InChI=1S/C22H18N4O2S/c23-12-14-5-3-7-16(11-14)25-21(28)19-17-8-1-2-9-18(17)29-22(19)26-20(27)15-6-4-10-24-13-15/h3-7,10-11,13H,1-2,8-9H2,(H,25,28)(H,26,27). The number of aryl methyl sites for hydroxylation is 1. The van der Waals surface area contributed by atoms with Gasteiger partial charge in [-0.05, 0) is 61.6 Å². The number of amides is 2. The van der Waals surface area contributed by atoms with E-state index in [0.717, 1.165) is 36.1 Å². The molecule has 0 radical (unpaired) electrons. The fraction of sp³-hybridized carbons (Fsp3) is 0.182. The molecule has 0 atom stereocenters. The summed E-state index contributed by atoms with van der Waals surface area (Å²) in [6.45, 7) is 0. The lowest BCUT2D eigenvalue weighted by molar-refractivity contribution is 0.102. The van der Waals surface area contributed by atoms with Gasteiger partial charge in [0, 0.05) is 23.0 Å². The highest BCUT2D eigenvalue weighted by Gasteiger charge is 2.26. The zero-order chi connectivity index (χ0) is 20.2. The summed E-state index contributed by atoms with van der Waals surface area (Å²) in [7, 11) is 0. The molecule has 29 heavy (non-hydrogen) atoms. The molecule has 144 valence electrons. The Kier molecular flexibility index (Phi) is 5.36. The normalized spacial score (nSPS) is 12.5. The minimum atomic E-state index is -0.294. The van der Waals surface area contributed by atoms with Crippen molar-refractivity contribution in [3.63, 3.8) is 0 Å². The van der Waals surface area contributed by atoms with Gasteiger partial charge < -0.3 is 10.6 Å². The number of rotatable bonds is 4. The van der Waals surface area contributed by atoms with Crippen LogP contribution in [-0.2, 0) is 12.8 Å². The molecule has 3 aromatic rings. The highest BCUT2D eigenvalue weighted by molar-refractivity contribution is 7.17. The van der Waals surface area contributed by atoms with Crippen molar-refractivity contribution < 1.29 is 9.59 Å². The van der Waals surface area contributed by atoms with Crippen LogP contribution in [0.25, 0.3) is 0 Å². The third-order valence-corrected chi connectivity index (χ3v) is 6.01. The van der Waals surface area contributed by atoms with Crippen LogP contribution in [-0.4, -0.2) is 16.8 Å². The van der Waals surface area contributed by atoms with Crippen molar-refractivity contribution in [1.82, 2.24) is 4.98 Å². The molecule has 7 heteroatoms. The van der Waals surface area contributed by atoms with Gasteiger partial charge in [-0.1, -0.05) is 6.07 Å². The topological polar surface area (TPSA) is 94.9 Å². The number of fused-ring (bicyclic) bond motifs is 1. The Bertz CT molecular complexity index is 1120. The summed E-state index contributed by atoms with van der Waals surface area (Å²) >= 11 is 1.47. The lowest BCUT2D eigenvalue weighted by Crippen LogP contribution is -2.18. The minimum absolute atomic E-state index is 0.277. The Hall–Kier alpha value is -3.50. The van der Waals surface area contributed by atoms with E-state index < -0.39 is 0 Å². The summed E-state index contributed by atoms with van der Waals surface area (Å²) in [6, 6.07) is 12.2. The van der Waals surface area contributed by atoms with E-state index >= 15 is 0 Å². The molecule has 1 aliphatic carbocycles. The van der Waals surface area contributed by atoms with Gasteiger partial charge in [0.05, 0.1) is 22.8 Å². The summed E-state index contributed by atoms with van der Waals surface area (Å²) in [5, 5.41) is 15.4. The number of hydrogen-bond acceptors (Lipinski definition) is 5. The molecule has 0 saturated heterocycles. The number of nitriles is 1. The summed E-state index contributed by atoms with van der Waals surface area (Å²) in [6.07, 6.45) is 6.92. The number of pyridine rings is 1. The van der Waals surface area contributed by atoms with E-state index in [-0.39, 0.29) is 11.8 Å². The number of thiophene rings is 1. The molecule has 0 bridgehead atoms. The van der Waals surface area contributed by atoms with Gasteiger partial charge in [-0.25, -0.2) is 0 Å². The Morgan fingerprint density at radius 3 is 2.72 bits per heavy atom. The van der Waals surface area contributed by atoms with Gasteiger partial charge in [0.2, 0.25) is 0 Å². The van der Waals surface area contributed by atoms with Crippen molar-refractivity contribution in [1.29, 1.82) is 5.26 Å². The predicted octanol–water partition coefficient (Wildman–Crippen LogP) is 4.40. The number of benzene rings is 1. The van der Waals surface area contributed by atoms with E-state index in [2.05, 4.69) is 21.7 Å². The molecule has 4 rings (SSSR count). The maximum Gasteiger partial charge on any atom is 0.258 e. The van der Waals surface area contributed by atoms with Crippen LogP contribution in [0.2, 0.25) is 0 Å². The van der Waals surface area contributed by atoms with Crippen molar-refractivity contribution in [2.75, 3.05) is 10.6 Å². The summed E-state index contributed by atoms with van der Waals surface area (Å²) < 4.78 is 0. The number of carbonyl (C=O) groups is 2. The Morgan fingerprint density at radius 1 is 1.07 bits per heavy atom. The number of nitrogens with zero attached hydrogens (tertiary/aromatic N) is 2. The van der Waals surface area contributed by atoms with Gasteiger partial charge in [0.25, 0.3) is 11.8 Å². The minimum Gasteiger partial charge on any atom is -0.322 e. The van der Waals surface area contributed by atoms with Gasteiger partial charge >= 0.3 is 0 Å². The first kappa shape index (κ1) is 18.8. The third kappa shape index (κ3) is 4.03. The van der Waals surface area contributed by atoms with Gasteiger partial charge in [0.1, 0.15) is 5.00 Å². The zero-order valence-electron chi connectivity index (χ0n) is 15.6. The van der Waals surface area contributed by atoms with Crippen LogP contribution >= 0.6 is 11.3 Å². The van der Waals surface area contributed by atoms with Crippen LogP contribution in [0.3, 0.4) is 0 Å². The lowest BCUT2D eigenvalue weighted by Gasteiger charge is -2.13. The average Bonchev–Trinajstić information content (AvgIpc) is 3.12. The van der Waals surface area contributed by atoms with Crippen LogP contribution in [0.15, 0.2) is 48.8 Å². The van der Waals surface area contributed by atoms with E-state index in [4.69, 9.17) is 5.26 Å². The van der Waals surface area contributed by atoms with E-state index in [9.17, 15) is 9.59 Å². The second kappa shape index (κ2) is 8.25. The van der Waals surface area contributed by atoms with Crippen molar-refractivity contribution >= 4 is 33.8 Å². The lowest BCUT2D eigenvalue weighted by atomic mass is 9.95. The fourth-order valence-electron chi connectivity index (χ4n) is 3.43. The maximum absolute atomic E-state index is 13.1. The molecular formula is C22H18N4O2S. The van der Waals surface area contributed by atoms with E-state index in [0.29, 0.717) is 27.4 Å². The number of carbonyl (C=O) groups excluding carboxylic acids is 2. The van der Waals surface area contributed by atoms with E-state index in [1.54, 1.807) is 42.6 Å². The Balaban J connectivity index is 1.66. The van der Waals surface area contributed by atoms with Crippen molar-refractivity contribution in [2.24, 2.45) is 0 Å². The highest BCUT2D eigenvalue weighted by atomic mass is 32.1. The smallest absolute Gasteiger partial charge is 0.258 e. The van der Waals surface area contributed by atoms with Crippen LogP contribution in [0.5, 0.6) is 0 Å². The first-order chi connectivity index (χ1) is 14.2. The largest absolute Gasteiger partial charge is 0.322 e. The summed E-state index contributed by atoms with van der Waals surface area (Å²) in [4.78, 5) is 30.9. The molecule has 1 aromatic carbocycles. The Labute approximate surface area is 172 Å². The summed E-state index contributed by atoms with van der Waals surface area (Å²) in [5.74, 6) is -0.571. The SMILES string of the molecule is N#Cc1cccc(NC(=O)c2c(NC(=O)c3cccnc3)sc3c2CCCC3)c1. The fourth-order valence-corrected chi connectivity index (χ4v) is 4.71. The van der Waals surface area contributed by atoms with Gasteiger partial charge in [-0.15, -0.1) is 11.3 Å². The predicted molar refractivity (Wildman–Crippen MR) is 112 cm³/mol. The molecule has 0 fully saturated rings. The third-order valence-electron chi connectivity index (χ3n) is 4.80. The van der Waals surface area contributed by atoms with E-state index in [1.807, 2.05) is 0 Å². The molecule has 0 aliphatic heterocycles. The van der Waals surface area contributed by atoms with Gasteiger partial charge in [-0.3, -0.25) is 14.6 Å². The maximum atomic E-state index is 13.1. The number of nitrogens with one attached hydrogen (secondary N) is 2. The quantitative estimate of drug-likeness (QED) is 0.676. The molecule has 2 amide bonds. The zero-order valence-corrected chi connectivity index (χ0v) is 16.4. The van der Waals surface area contributed by atoms with E-state index in [1.165, 1.54) is 17.5 Å². The van der Waals surface area contributed by atoms with Crippen LogP contribution < -0.4 is 10.6 Å². The molecule has 1 aliphatic rings. The highest BCUT2D eigenvalue weighted by Crippen LogP contribution is 2.38. The number of aromatic nitrogens is 1. The molecule has 2 heterocycles. The molecule has 0 saturated carbocycles. The second-order valence-electron chi connectivity index (χ2n) is 6.76. The molecule has 2 aromatic heterocycles. The van der Waals surface area contributed by atoms with Gasteiger partial charge in [0.15, 0.2) is 0 Å². The first-order valence-electron chi connectivity index (χ1n) is 9.33. The van der Waals surface area contributed by atoms with Crippen molar-refractivity contribution in [2.45, 2.75) is 25.7 Å². The van der Waals surface area contributed by atoms with Gasteiger partial charge in [-0.2, -0.15) is 5.26 Å². The second-order valence-corrected chi connectivity index (χ2v) is 7.86. The van der Waals surface area contributed by atoms with Crippen molar-refractivity contribution in [3.05, 3.63) is 75.9 Å². The number of anilines is 2. The monoisotopic (exact) mass is 402 g/mol. The molecule has 0 unspecified atom stereocenters. The number of hydrogen-bond donors (Lipinski definition) is 2. The molecule has 2 N–H and O–H groups in total. The Morgan fingerprint density at radius 2 is 1.93 bits per heavy atom. The molecule has 6 nitrogen and oxygen atoms in total. The first-order valence-corrected chi connectivity index (χ1v) is 10.1. The van der Waals surface area contributed by atoms with Crippen LogP contribution in [0, 0.1) is 11.3 Å². The molecule has 0 spiro atoms. The molecular weight excluding hydrogens is 384 g/mol. The van der Waals surface area contributed by atoms with Crippen molar-refractivity contribution in [3.8, 4) is 6.07 Å². The van der Waals surface area contributed by atoms with Crippen LogP contribution in [0.1, 0.15) is 49.6 Å². The van der Waals surface area contributed by atoms with Crippen LogP contribution in [0.4, 0.5) is 10.7 Å².